The molecular weight excluding hydrogens is 679 g/mol. The molecule has 2 unspecified atom stereocenters. The number of hydrogen-bond acceptors (Lipinski definition) is 0. The van der Waals surface area contributed by atoms with Crippen LogP contribution < -0.4 is 0 Å². The van der Waals surface area contributed by atoms with Crippen molar-refractivity contribution in [3.05, 3.63) is 203 Å². The van der Waals surface area contributed by atoms with E-state index in [1.54, 1.807) is 60.7 Å². The van der Waals surface area contributed by atoms with Crippen LogP contribution in [0.25, 0.3) is 11.1 Å². The molecule has 0 nitrogen and oxygen atoms in total. The third-order valence-corrected chi connectivity index (χ3v) is 9.73. The summed E-state index contributed by atoms with van der Waals surface area (Å²) in [4.78, 5) is 0. The number of aryl methyl sites for hydroxylation is 2. The molecule has 0 aromatic heterocycles. The van der Waals surface area contributed by atoms with Gasteiger partial charge in [0.15, 0.2) is 34.6 Å². The second-order valence-corrected chi connectivity index (χ2v) is 13.4. The Kier molecular flexibility index (Phi) is 13.4. The van der Waals surface area contributed by atoms with Crippen molar-refractivity contribution in [3.63, 3.8) is 0 Å². The molecule has 2 aliphatic rings. The lowest BCUT2D eigenvalue weighted by Gasteiger charge is -2.30. The summed E-state index contributed by atoms with van der Waals surface area (Å²) in [7, 11) is 0. The third-order valence-electron chi connectivity index (χ3n) is 9.73. The highest BCUT2D eigenvalue weighted by Crippen LogP contribution is 2.46. The molecular formula is C47H44F6. The van der Waals surface area contributed by atoms with Gasteiger partial charge in [-0.05, 0) is 103 Å². The SMILES string of the molecule is C=CCCCCc1ccc(C2(F)CC=CC=C2c2ccc(F)c(F)c2)cc1.C=CCCCc1ccc(C2(F)CC=CC=C2c2ccc(F)c(F)c2)cc1. The molecule has 6 heteroatoms. The fraction of sp³-hybridized carbons (Fsp3) is 0.234. The van der Waals surface area contributed by atoms with Gasteiger partial charge in [-0.15, -0.1) is 13.2 Å². The molecule has 0 heterocycles. The van der Waals surface area contributed by atoms with E-state index < -0.39 is 34.6 Å². The molecule has 4 aromatic rings. The van der Waals surface area contributed by atoms with Crippen LogP contribution in [-0.4, -0.2) is 0 Å². The third kappa shape index (κ3) is 9.47. The van der Waals surface area contributed by atoms with E-state index in [2.05, 4.69) is 13.2 Å². The summed E-state index contributed by atoms with van der Waals surface area (Å²) < 4.78 is 85.8. The van der Waals surface area contributed by atoms with Gasteiger partial charge in [0.25, 0.3) is 0 Å². The van der Waals surface area contributed by atoms with Crippen LogP contribution in [0.5, 0.6) is 0 Å². The first-order chi connectivity index (χ1) is 25.6. The summed E-state index contributed by atoms with van der Waals surface area (Å²) in [5.74, 6) is -3.82. The number of halogens is 6. The summed E-state index contributed by atoms with van der Waals surface area (Å²) >= 11 is 0. The Hall–Kier alpha value is -5.10. The highest BCUT2D eigenvalue weighted by atomic mass is 19.2. The van der Waals surface area contributed by atoms with Crippen LogP contribution in [0.3, 0.4) is 0 Å². The monoisotopic (exact) mass is 722 g/mol. The fourth-order valence-electron chi connectivity index (χ4n) is 6.74. The number of hydrogen-bond donors (Lipinski definition) is 0. The van der Waals surface area contributed by atoms with Crippen LogP contribution in [0.2, 0.25) is 0 Å². The Balaban J connectivity index is 0.000000204. The lowest BCUT2D eigenvalue weighted by atomic mass is 9.78. The maximum Gasteiger partial charge on any atom is 0.165 e. The van der Waals surface area contributed by atoms with Crippen LogP contribution in [-0.2, 0) is 24.2 Å². The van der Waals surface area contributed by atoms with Gasteiger partial charge in [-0.2, -0.15) is 0 Å². The van der Waals surface area contributed by atoms with Crippen molar-refractivity contribution in [2.45, 2.75) is 69.1 Å². The predicted molar refractivity (Wildman–Crippen MR) is 206 cm³/mol. The van der Waals surface area contributed by atoms with Gasteiger partial charge in [0.2, 0.25) is 0 Å². The number of unbranched alkanes of at least 4 members (excludes halogenated alkanes) is 3. The van der Waals surface area contributed by atoms with Gasteiger partial charge in [-0.3, -0.25) is 0 Å². The van der Waals surface area contributed by atoms with Crippen molar-refractivity contribution in [3.8, 4) is 0 Å². The van der Waals surface area contributed by atoms with Gasteiger partial charge in [0.05, 0.1) is 0 Å². The number of rotatable bonds is 13. The fourth-order valence-corrected chi connectivity index (χ4v) is 6.74. The molecule has 4 aromatic carbocycles. The Morgan fingerprint density at radius 2 is 0.925 bits per heavy atom. The minimum Gasteiger partial charge on any atom is -0.233 e. The maximum atomic E-state index is 16.0. The maximum absolute atomic E-state index is 16.0. The van der Waals surface area contributed by atoms with Crippen molar-refractivity contribution in [1.29, 1.82) is 0 Å². The largest absolute Gasteiger partial charge is 0.233 e. The van der Waals surface area contributed by atoms with Crippen LogP contribution in [0.1, 0.15) is 78.3 Å². The smallest absolute Gasteiger partial charge is 0.165 e. The molecule has 53 heavy (non-hydrogen) atoms. The molecule has 0 fully saturated rings. The summed E-state index contributed by atoms with van der Waals surface area (Å²) in [5, 5.41) is 0. The van der Waals surface area contributed by atoms with Crippen LogP contribution in [0, 0.1) is 23.3 Å². The minimum atomic E-state index is -1.77. The average Bonchev–Trinajstić information content (AvgIpc) is 3.17. The molecule has 2 atom stereocenters. The van der Waals surface area contributed by atoms with Crippen molar-refractivity contribution in [2.75, 3.05) is 0 Å². The zero-order valence-corrected chi connectivity index (χ0v) is 29.7. The Morgan fingerprint density at radius 1 is 0.509 bits per heavy atom. The highest BCUT2D eigenvalue weighted by molar-refractivity contribution is 5.77. The second kappa shape index (κ2) is 18.1. The molecule has 0 N–H and O–H groups in total. The summed E-state index contributed by atoms with van der Waals surface area (Å²) in [5.41, 5.74) is 1.22. The highest BCUT2D eigenvalue weighted by Gasteiger charge is 2.38. The van der Waals surface area contributed by atoms with Gasteiger partial charge in [0.1, 0.15) is 0 Å². The first-order valence-corrected chi connectivity index (χ1v) is 18.0. The van der Waals surface area contributed by atoms with Crippen molar-refractivity contribution in [2.24, 2.45) is 0 Å². The number of benzene rings is 4. The van der Waals surface area contributed by atoms with Gasteiger partial charge < -0.3 is 0 Å². The van der Waals surface area contributed by atoms with Crippen molar-refractivity contribution >= 4 is 11.1 Å². The number of alkyl halides is 2. The average molecular weight is 723 g/mol. The molecule has 0 spiro atoms. The molecule has 6 rings (SSSR count). The minimum absolute atomic E-state index is 0.160. The van der Waals surface area contributed by atoms with Crippen LogP contribution >= 0.6 is 0 Å². The molecule has 0 amide bonds. The summed E-state index contributed by atoms with van der Waals surface area (Å²) in [6.45, 7) is 7.43. The van der Waals surface area contributed by atoms with E-state index in [1.165, 1.54) is 12.1 Å². The van der Waals surface area contributed by atoms with Gasteiger partial charge in [0, 0.05) is 24.0 Å². The summed E-state index contributed by atoms with van der Waals surface area (Å²) in [6.07, 6.45) is 21.4. The van der Waals surface area contributed by atoms with Crippen molar-refractivity contribution < 1.29 is 26.3 Å². The molecule has 0 bridgehead atoms. The molecule has 0 saturated heterocycles. The standard InChI is InChI=1S/C24H23F3.C23H21F3/c1-2-3-4-5-8-18-10-13-20(14-11-18)24(27)16-7-6-9-21(24)19-12-15-22(25)23(26)17-19;1-2-3-4-7-17-9-12-19(13-10-17)23(26)15-6-5-8-20(23)18-11-14-21(24)22(25)16-18/h2,6-7,9-15,17H,1,3-5,8,16H2;2,5-6,8-14,16H,1,3-4,7,15H2. The topological polar surface area (TPSA) is 0 Å². The van der Waals surface area contributed by atoms with E-state index in [0.717, 1.165) is 80.3 Å². The van der Waals surface area contributed by atoms with E-state index >= 15 is 8.78 Å². The van der Waals surface area contributed by atoms with Gasteiger partial charge in [-0.25, -0.2) is 26.3 Å². The molecule has 274 valence electrons. The van der Waals surface area contributed by atoms with Gasteiger partial charge >= 0.3 is 0 Å². The van der Waals surface area contributed by atoms with Crippen LogP contribution in [0.4, 0.5) is 26.3 Å². The van der Waals surface area contributed by atoms with E-state index in [0.29, 0.717) is 33.4 Å². The second-order valence-electron chi connectivity index (χ2n) is 13.4. The Bertz CT molecular complexity index is 2000. The summed E-state index contributed by atoms with van der Waals surface area (Å²) in [6, 6.07) is 22.0. The molecule has 0 aliphatic heterocycles. The molecule has 2 aliphatic carbocycles. The Labute approximate surface area is 309 Å². The Morgan fingerprint density at radius 3 is 1.34 bits per heavy atom. The van der Waals surface area contributed by atoms with E-state index in [1.807, 2.05) is 36.4 Å². The van der Waals surface area contributed by atoms with E-state index in [-0.39, 0.29) is 12.8 Å². The van der Waals surface area contributed by atoms with Gasteiger partial charge in [-0.1, -0.05) is 109 Å². The predicted octanol–water partition coefficient (Wildman–Crippen LogP) is 13.8. The van der Waals surface area contributed by atoms with Crippen molar-refractivity contribution in [1.82, 2.24) is 0 Å². The molecule has 0 saturated carbocycles. The quantitative estimate of drug-likeness (QED) is 0.0732. The first kappa shape index (κ1) is 39.1. The van der Waals surface area contributed by atoms with E-state index in [9.17, 15) is 17.6 Å². The van der Waals surface area contributed by atoms with E-state index in [4.69, 9.17) is 0 Å². The lowest BCUT2D eigenvalue weighted by molar-refractivity contribution is 0.249. The normalized spacial score (nSPS) is 19.1. The number of allylic oxidation sites excluding steroid dienone is 10. The zero-order chi connectivity index (χ0) is 37.8. The molecule has 0 radical (unpaired) electrons. The van der Waals surface area contributed by atoms with Crippen LogP contribution in [0.15, 0.2) is 147 Å². The first-order valence-electron chi connectivity index (χ1n) is 18.0. The zero-order valence-electron chi connectivity index (χ0n) is 29.7. The lowest BCUT2D eigenvalue weighted by Crippen LogP contribution is -2.23.